The molecule has 1 aromatic rings. The van der Waals surface area contributed by atoms with Crippen LogP contribution in [0.3, 0.4) is 0 Å². The van der Waals surface area contributed by atoms with E-state index in [1.165, 1.54) is 12.1 Å². The number of hydrogen-bond donors (Lipinski definition) is 3. The largest absolute Gasteiger partial charge is 0.481 e. The van der Waals surface area contributed by atoms with Gasteiger partial charge in [0.25, 0.3) is 0 Å². The third-order valence-electron chi connectivity index (χ3n) is 1.69. The maximum Gasteiger partial charge on any atom is 0.371 e. The molecule has 1 aromatic heterocycles. The van der Waals surface area contributed by atoms with Gasteiger partial charge in [-0.3, -0.25) is 4.79 Å². The Morgan fingerprint density at radius 1 is 1.33 bits per heavy atom. The van der Waals surface area contributed by atoms with Crippen molar-refractivity contribution in [2.45, 2.75) is 13.0 Å². The van der Waals surface area contributed by atoms with Crippen LogP contribution in [0.2, 0.25) is 0 Å². The summed E-state index contributed by atoms with van der Waals surface area (Å²) < 4.78 is 4.94. The highest BCUT2D eigenvalue weighted by Crippen LogP contribution is 2.07. The van der Waals surface area contributed by atoms with Gasteiger partial charge in [0.1, 0.15) is 5.76 Å². The maximum absolute atomic E-state index is 10.4. The van der Waals surface area contributed by atoms with E-state index in [0.717, 1.165) is 0 Å². The number of nitrogens with one attached hydrogen (secondary N) is 1. The first kappa shape index (κ1) is 11.3. The van der Waals surface area contributed by atoms with E-state index in [-0.39, 0.29) is 12.2 Å². The highest BCUT2D eigenvalue weighted by atomic mass is 16.4. The molecule has 0 spiro atoms. The van der Waals surface area contributed by atoms with Crippen LogP contribution in [0.1, 0.15) is 22.7 Å². The Morgan fingerprint density at radius 2 is 2.07 bits per heavy atom. The van der Waals surface area contributed by atoms with E-state index < -0.39 is 11.9 Å². The van der Waals surface area contributed by atoms with Crippen molar-refractivity contribution in [3.05, 3.63) is 23.7 Å². The van der Waals surface area contributed by atoms with Crippen LogP contribution in [0.15, 0.2) is 16.5 Å². The summed E-state index contributed by atoms with van der Waals surface area (Å²) in [7, 11) is 0. The zero-order valence-electron chi connectivity index (χ0n) is 7.90. The van der Waals surface area contributed by atoms with Crippen LogP contribution in [-0.4, -0.2) is 28.7 Å². The highest BCUT2D eigenvalue weighted by molar-refractivity contribution is 5.84. The van der Waals surface area contributed by atoms with Crippen LogP contribution >= 0.6 is 0 Å². The lowest BCUT2D eigenvalue weighted by Gasteiger charge is -1.98. The van der Waals surface area contributed by atoms with Gasteiger partial charge in [0, 0.05) is 6.54 Å². The molecule has 6 heteroatoms. The van der Waals surface area contributed by atoms with Crippen LogP contribution in [0.5, 0.6) is 0 Å². The number of hydrogen-bond acceptors (Lipinski definition) is 4. The summed E-state index contributed by atoms with van der Waals surface area (Å²) in [6.07, 6.45) is 0.0203. The molecule has 0 fully saturated rings. The molecular weight excluding hydrogens is 202 g/mol. The van der Waals surface area contributed by atoms with Gasteiger partial charge in [-0.1, -0.05) is 0 Å². The maximum atomic E-state index is 10.4. The van der Waals surface area contributed by atoms with Gasteiger partial charge in [0.2, 0.25) is 5.76 Å². The fourth-order valence-corrected chi connectivity index (χ4v) is 0.995. The summed E-state index contributed by atoms with van der Waals surface area (Å²) in [5.41, 5.74) is 0. The van der Waals surface area contributed by atoms with Gasteiger partial charge in [0.15, 0.2) is 0 Å². The minimum atomic E-state index is -1.12. The van der Waals surface area contributed by atoms with Gasteiger partial charge >= 0.3 is 11.9 Å². The summed E-state index contributed by atoms with van der Waals surface area (Å²) in [5.74, 6) is -1.65. The SMILES string of the molecule is O=C(O)CCNCc1ccc(C(=O)O)o1. The van der Waals surface area contributed by atoms with Crippen LogP contribution in [-0.2, 0) is 11.3 Å². The minimum absolute atomic E-state index is 0.0203. The lowest BCUT2D eigenvalue weighted by atomic mass is 10.4. The number of carboxylic acid groups (broad SMARTS) is 2. The van der Waals surface area contributed by atoms with E-state index in [0.29, 0.717) is 18.8 Å². The zero-order valence-corrected chi connectivity index (χ0v) is 7.90. The fraction of sp³-hybridized carbons (Fsp3) is 0.333. The third-order valence-corrected chi connectivity index (χ3v) is 1.69. The van der Waals surface area contributed by atoms with Crippen LogP contribution in [0.4, 0.5) is 0 Å². The topological polar surface area (TPSA) is 99.8 Å². The Bertz CT molecular complexity index is 357. The molecule has 0 aliphatic rings. The number of aliphatic carboxylic acids is 1. The van der Waals surface area contributed by atoms with E-state index in [1.807, 2.05) is 0 Å². The Hall–Kier alpha value is -1.82. The summed E-state index contributed by atoms with van der Waals surface area (Å²) in [4.78, 5) is 20.6. The molecule has 82 valence electrons. The highest BCUT2D eigenvalue weighted by Gasteiger charge is 2.08. The molecule has 0 saturated heterocycles. The van der Waals surface area contributed by atoms with Crippen molar-refractivity contribution >= 4 is 11.9 Å². The van der Waals surface area contributed by atoms with Crippen molar-refractivity contribution in [2.75, 3.05) is 6.54 Å². The second kappa shape index (κ2) is 5.16. The fourth-order valence-electron chi connectivity index (χ4n) is 0.995. The Morgan fingerprint density at radius 3 is 2.60 bits per heavy atom. The molecular formula is C9H11NO5. The normalized spacial score (nSPS) is 10.1. The summed E-state index contributed by atoms with van der Waals surface area (Å²) >= 11 is 0. The van der Waals surface area contributed by atoms with E-state index in [2.05, 4.69) is 5.32 Å². The van der Waals surface area contributed by atoms with E-state index in [9.17, 15) is 9.59 Å². The lowest BCUT2D eigenvalue weighted by molar-refractivity contribution is -0.136. The van der Waals surface area contributed by atoms with Gasteiger partial charge in [-0.2, -0.15) is 0 Å². The van der Waals surface area contributed by atoms with E-state index >= 15 is 0 Å². The first-order valence-electron chi connectivity index (χ1n) is 4.34. The molecule has 3 N–H and O–H groups in total. The number of rotatable bonds is 6. The molecule has 0 saturated carbocycles. The smallest absolute Gasteiger partial charge is 0.371 e. The summed E-state index contributed by atoms with van der Waals surface area (Å²) in [6, 6.07) is 2.90. The number of carboxylic acids is 2. The predicted molar refractivity (Wildman–Crippen MR) is 49.6 cm³/mol. The van der Waals surface area contributed by atoms with Crippen molar-refractivity contribution in [3.8, 4) is 0 Å². The van der Waals surface area contributed by atoms with Crippen LogP contribution < -0.4 is 5.32 Å². The Balaban J connectivity index is 2.31. The quantitative estimate of drug-likeness (QED) is 0.596. The second-order valence-corrected chi connectivity index (χ2v) is 2.89. The number of furan rings is 1. The molecule has 0 aliphatic carbocycles. The Labute approximate surface area is 85.5 Å². The number of aromatic carboxylic acids is 1. The monoisotopic (exact) mass is 213 g/mol. The molecule has 0 radical (unpaired) electrons. The van der Waals surface area contributed by atoms with Gasteiger partial charge in [0.05, 0.1) is 13.0 Å². The van der Waals surface area contributed by atoms with Crippen molar-refractivity contribution < 1.29 is 24.2 Å². The molecule has 15 heavy (non-hydrogen) atoms. The molecule has 0 unspecified atom stereocenters. The second-order valence-electron chi connectivity index (χ2n) is 2.89. The molecule has 0 atom stereocenters. The first-order valence-corrected chi connectivity index (χ1v) is 4.34. The van der Waals surface area contributed by atoms with Gasteiger partial charge in [-0.25, -0.2) is 4.79 Å². The zero-order chi connectivity index (χ0) is 11.3. The van der Waals surface area contributed by atoms with Crippen molar-refractivity contribution in [2.24, 2.45) is 0 Å². The molecule has 6 nitrogen and oxygen atoms in total. The third kappa shape index (κ3) is 3.82. The molecule has 0 bridgehead atoms. The lowest BCUT2D eigenvalue weighted by Crippen LogP contribution is -2.17. The van der Waals surface area contributed by atoms with Gasteiger partial charge in [-0.15, -0.1) is 0 Å². The van der Waals surface area contributed by atoms with Crippen molar-refractivity contribution in [1.29, 1.82) is 0 Å². The summed E-state index contributed by atoms with van der Waals surface area (Å²) in [6.45, 7) is 0.638. The molecule has 0 aliphatic heterocycles. The average molecular weight is 213 g/mol. The van der Waals surface area contributed by atoms with Gasteiger partial charge < -0.3 is 19.9 Å². The van der Waals surface area contributed by atoms with Gasteiger partial charge in [-0.05, 0) is 12.1 Å². The summed E-state index contributed by atoms with van der Waals surface area (Å²) in [5, 5.41) is 19.7. The van der Waals surface area contributed by atoms with Crippen LogP contribution in [0, 0.1) is 0 Å². The number of carbonyl (C=O) groups is 2. The molecule has 1 rings (SSSR count). The van der Waals surface area contributed by atoms with E-state index in [1.54, 1.807) is 0 Å². The average Bonchev–Trinajstić information content (AvgIpc) is 2.60. The molecule has 1 heterocycles. The molecule has 0 amide bonds. The minimum Gasteiger partial charge on any atom is -0.481 e. The molecule has 0 aromatic carbocycles. The Kier molecular flexibility index (Phi) is 3.87. The van der Waals surface area contributed by atoms with E-state index in [4.69, 9.17) is 14.6 Å². The van der Waals surface area contributed by atoms with Crippen LogP contribution in [0.25, 0.3) is 0 Å². The van der Waals surface area contributed by atoms with Crippen molar-refractivity contribution in [1.82, 2.24) is 5.32 Å². The standard InChI is InChI=1S/C9H11NO5/c11-8(12)3-4-10-5-6-1-2-7(15-6)9(13)14/h1-2,10H,3-5H2,(H,11,12)(H,13,14). The first-order chi connectivity index (χ1) is 7.09. The predicted octanol–water partition coefficient (Wildman–Crippen LogP) is 0.542. The van der Waals surface area contributed by atoms with Crippen molar-refractivity contribution in [3.63, 3.8) is 0 Å².